The first-order valence-corrected chi connectivity index (χ1v) is 12.9. The van der Waals surface area contributed by atoms with Crippen LogP contribution < -0.4 is 10.5 Å². The second-order valence-corrected chi connectivity index (χ2v) is 11.1. The third-order valence-corrected chi connectivity index (χ3v) is 8.29. The van der Waals surface area contributed by atoms with Gasteiger partial charge in [-0.1, -0.05) is 0 Å². The molecule has 1 aromatic carbocycles. The maximum Gasteiger partial charge on any atom is 0.254 e. The van der Waals surface area contributed by atoms with Gasteiger partial charge in [0.15, 0.2) is 5.82 Å². The number of ether oxygens (including phenoxy) is 1. The predicted octanol–water partition coefficient (Wildman–Crippen LogP) is 4.55. The van der Waals surface area contributed by atoms with Crippen molar-refractivity contribution in [2.45, 2.75) is 45.2 Å². The van der Waals surface area contributed by atoms with E-state index in [-0.39, 0.29) is 11.9 Å². The number of nitrogens with zero attached hydrogens (tertiary/aromatic N) is 4. The Balaban J connectivity index is 1.46. The highest BCUT2D eigenvalue weighted by Crippen LogP contribution is 2.40. The Hall–Kier alpha value is -2.84. The van der Waals surface area contributed by atoms with Crippen LogP contribution in [-0.2, 0) is 13.6 Å². The number of methoxy groups -OCH3 is 1. The topological polar surface area (TPSA) is 78.3 Å². The number of likely N-dealkylation sites (tertiary alicyclic amines) is 1. The molecule has 7 nitrogen and oxygen atoms in total. The minimum absolute atomic E-state index is 0.00403. The predicted molar refractivity (Wildman–Crippen MR) is 137 cm³/mol. The Morgan fingerprint density at radius 2 is 2.06 bits per heavy atom. The Labute approximate surface area is 203 Å². The normalized spacial score (nSPS) is 18.8. The van der Waals surface area contributed by atoms with Crippen molar-refractivity contribution in [2.75, 3.05) is 20.2 Å². The number of piperidine rings is 1. The SMILES string of the molecule is COc1cc(C(=O)N2CCC[C@@H](N)C2)cc2nc(-c3cc4cc(C)sc4n3CC3CC3)n(C)c12. The average Bonchev–Trinajstić information content (AvgIpc) is 3.38. The maximum absolute atomic E-state index is 13.3. The Kier molecular flexibility index (Phi) is 5.18. The van der Waals surface area contributed by atoms with Gasteiger partial charge in [0.1, 0.15) is 16.1 Å². The lowest BCUT2D eigenvalue weighted by Gasteiger charge is -2.30. The van der Waals surface area contributed by atoms with Gasteiger partial charge in [-0.05, 0) is 62.8 Å². The van der Waals surface area contributed by atoms with Gasteiger partial charge in [-0.25, -0.2) is 4.98 Å². The zero-order chi connectivity index (χ0) is 23.6. The van der Waals surface area contributed by atoms with Gasteiger partial charge in [-0.15, -0.1) is 11.3 Å². The zero-order valence-corrected chi connectivity index (χ0v) is 20.8. The zero-order valence-electron chi connectivity index (χ0n) is 20.0. The molecule has 3 aromatic heterocycles. The molecule has 1 aliphatic carbocycles. The Morgan fingerprint density at radius 1 is 1.24 bits per heavy atom. The molecule has 4 heterocycles. The number of carbonyl (C=O) groups excluding carboxylic acids is 1. The lowest BCUT2D eigenvalue weighted by molar-refractivity contribution is 0.0708. The number of aromatic nitrogens is 3. The third-order valence-electron chi connectivity index (χ3n) is 7.20. The smallest absolute Gasteiger partial charge is 0.254 e. The van der Waals surface area contributed by atoms with Crippen LogP contribution in [0.25, 0.3) is 32.8 Å². The van der Waals surface area contributed by atoms with E-state index < -0.39 is 0 Å². The van der Waals surface area contributed by atoms with Gasteiger partial charge in [0, 0.05) is 48.6 Å². The van der Waals surface area contributed by atoms with E-state index in [1.54, 1.807) is 7.11 Å². The van der Waals surface area contributed by atoms with Crippen molar-refractivity contribution < 1.29 is 9.53 Å². The van der Waals surface area contributed by atoms with Crippen LogP contribution in [0.4, 0.5) is 0 Å². The van der Waals surface area contributed by atoms with Crippen molar-refractivity contribution in [1.29, 1.82) is 0 Å². The molecule has 34 heavy (non-hydrogen) atoms. The first kappa shape index (κ1) is 21.7. The van der Waals surface area contributed by atoms with E-state index in [2.05, 4.69) is 28.2 Å². The first-order chi connectivity index (χ1) is 16.4. The minimum atomic E-state index is -0.00403. The van der Waals surface area contributed by atoms with Crippen LogP contribution in [0, 0.1) is 12.8 Å². The largest absolute Gasteiger partial charge is 0.494 e. The summed E-state index contributed by atoms with van der Waals surface area (Å²) in [7, 11) is 3.69. The summed E-state index contributed by atoms with van der Waals surface area (Å²) in [6.07, 6.45) is 4.50. The second kappa shape index (κ2) is 8.13. The molecule has 2 fully saturated rings. The van der Waals surface area contributed by atoms with Crippen molar-refractivity contribution in [3.63, 3.8) is 0 Å². The number of aryl methyl sites for hydroxylation is 2. The third kappa shape index (κ3) is 3.60. The number of thiophene rings is 1. The fourth-order valence-corrected chi connectivity index (χ4v) is 6.30. The number of imidazole rings is 1. The maximum atomic E-state index is 13.3. The summed E-state index contributed by atoms with van der Waals surface area (Å²) in [6.45, 7) is 4.53. The van der Waals surface area contributed by atoms with Crippen LogP contribution in [0.1, 0.15) is 40.9 Å². The molecular weight excluding hydrogens is 446 g/mol. The molecule has 1 amide bonds. The van der Waals surface area contributed by atoms with E-state index in [1.165, 1.54) is 27.9 Å². The van der Waals surface area contributed by atoms with E-state index in [4.69, 9.17) is 15.5 Å². The molecule has 0 bridgehead atoms. The molecule has 4 aromatic rings. The van der Waals surface area contributed by atoms with Gasteiger partial charge in [-0.2, -0.15) is 0 Å². The van der Waals surface area contributed by atoms with Crippen LogP contribution in [0.15, 0.2) is 24.3 Å². The van der Waals surface area contributed by atoms with Crippen molar-refractivity contribution in [2.24, 2.45) is 18.7 Å². The van der Waals surface area contributed by atoms with Gasteiger partial charge in [0.05, 0.1) is 18.3 Å². The number of rotatable bonds is 5. The monoisotopic (exact) mass is 477 g/mol. The van der Waals surface area contributed by atoms with Crippen molar-refractivity contribution in [3.8, 4) is 17.3 Å². The van der Waals surface area contributed by atoms with Crippen LogP contribution in [0.3, 0.4) is 0 Å². The quantitative estimate of drug-likeness (QED) is 0.458. The van der Waals surface area contributed by atoms with E-state index in [0.717, 1.165) is 54.4 Å². The number of hydrogen-bond acceptors (Lipinski definition) is 5. The molecular formula is C26H31N5O2S. The summed E-state index contributed by atoms with van der Waals surface area (Å²) in [5.74, 6) is 2.32. The van der Waals surface area contributed by atoms with E-state index in [9.17, 15) is 4.79 Å². The molecule has 6 rings (SSSR count). The number of hydrogen-bond donors (Lipinski definition) is 1. The summed E-state index contributed by atoms with van der Waals surface area (Å²) in [5, 5.41) is 1.27. The number of carbonyl (C=O) groups is 1. The van der Waals surface area contributed by atoms with E-state index in [1.807, 2.05) is 35.4 Å². The van der Waals surface area contributed by atoms with E-state index >= 15 is 0 Å². The number of amides is 1. The lowest BCUT2D eigenvalue weighted by Crippen LogP contribution is -2.45. The number of nitrogens with two attached hydrogens (primary N) is 1. The molecule has 0 radical (unpaired) electrons. The Bertz CT molecular complexity index is 1410. The molecule has 178 valence electrons. The second-order valence-electron chi connectivity index (χ2n) is 9.90. The standard InChI is InChI=1S/C26H31N5O2S/c1-15-9-18-11-21(31(26(18)34-15)13-16-6-7-16)24-28-20-10-17(12-22(33-3)23(20)29(24)2)25(32)30-8-4-5-19(27)14-30/h9-12,16,19H,4-8,13-14,27H2,1-3H3/t19-/m1/s1. The van der Waals surface area contributed by atoms with Gasteiger partial charge in [0.25, 0.3) is 5.91 Å². The highest BCUT2D eigenvalue weighted by molar-refractivity contribution is 7.18. The summed E-state index contributed by atoms with van der Waals surface area (Å²) < 4.78 is 10.3. The van der Waals surface area contributed by atoms with Crippen LogP contribution in [0.5, 0.6) is 5.75 Å². The Morgan fingerprint density at radius 3 is 2.79 bits per heavy atom. The molecule has 0 spiro atoms. The molecule has 0 unspecified atom stereocenters. The molecule has 1 aliphatic heterocycles. The van der Waals surface area contributed by atoms with Crippen molar-refractivity contribution >= 4 is 38.5 Å². The van der Waals surface area contributed by atoms with Crippen LogP contribution in [-0.4, -0.2) is 51.2 Å². The molecule has 8 heteroatoms. The number of benzene rings is 1. The average molecular weight is 478 g/mol. The summed E-state index contributed by atoms with van der Waals surface area (Å²) >= 11 is 1.85. The lowest BCUT2D eigenvalue weighted by atomic mass is 10.0. The summed E-state index contributed by atoms with van der Waals surface area (Å²) in [6, 6.07) is 8.32. The minimum Gasteiger partial charge on any atom is -0.494 e. The van der Waals surface area contributed by atoms with Gasteiger partial charge >= 0.3 is 0 Å². The number of fused-ring (bicyclic) bond motifs is 2. The molecule has 1 saturated carbocycles. The van der Waals surface area contributed by atoms with Gasteiger partial charge < -0.3 is 24.5 Å². The van der Waals surface area contributed by atoms with Crippen molar-refractivity contribution in [3.05, 3.63) is 34.7 Å². The fraction of sp³-hybridized carbons (Fsp3) is 0.462. The van der Waals surface area contributed by atoms with Crippen molar-refractivity contribution in [1.82, 2.24) is 19.0 Å². The molecule has 1 atom stereocenters. The first-order valence-electron chi connectivity index (χ1n) is 12.1. The highest BCUT2D eigenvalue weighted by Gasteiger charge is 2.28. The molecule has 1 saturated heterocycles. The van der Waals surface area contributed by atoms with Crippen LogP contribution >= 0.6 is 11.3 Å². The van der Waals surface area contributed by atoms with Gasteiger partial charge in [-0.3, -0.25) is 4.79 Å². The summed E-state index contributed by atoms with van der Waals surface area (Å²) in [4.78, 5) is 22.8. The van der Waals surface area contributed by atoms with Gasteiger partial charge in [0.2, 0.25) is 0 Å². The molecule has 2 N–H and O–H groups in total. The van der Waals surface area contributed by atoms with E-state index in [0.29, 0.717) is 17.9 Å². The highest BCUT2D eigenvalue weighted by atomic mass is 32.1. The summed E-state index contributed by atoms with van der Waals surface area (Å²) in [5.41, 5.74) is 9.54. The molecule has 2 aliphatic rings. The van der Waals surface area contributed by atoms with Crippen LogP contribution in [0.2, 0.25) is 0 Å². The fourth-order valence-electron chi connectivity index (χ4n) is 5.29.